The lowest BCUT2D eigenvalue weighted by Gasteiger charge is -2.46. The third-order valence-corrected chi connectivity index (χ3v) is 5.91. The van der Waals surface area contributed by atoms with Crippen LogP contribution >= 0.6 is 0 Å². The molecule has 3 rings (SSSR count). The second-order valence-corrected chi connectivity index (χ2v) is 8.00. The summed E-state index contributed by atoms with van der Waals surface area (Å²) in [5, 5.41) is 2.80. The number of urea groups is 1. The Morgan fingerprint density at radius 1 is 1.31 bits per heavy atom. The van der Waals surface area contributed by atoms with E-state index in [1.165, 1.54) is 23.1 Å². The number of allylic oxidation sites excluding steroid dienone is 3. The van der Waals surface area contributed by atoms with Gasteiger partial charge in [0.25, 0.3) is 0 Å². The minimum atomic E-state index is -1.24. The van der Waals surface area contributed by atoms with Gasteiger partial charge in [0.1, 0.15) is 11.4 Å². The van der Waals surface area contributed by atoms with Crippen LogP contribution in [0.1, 0.15) is 33.3 Å². The lowest BCUT2D eigenvalue weighted by molar-refractivity contribution is -0.140. The van der Waals surface area contributed by atoms with Crippen molar-refractivity contribution in [2.45, 2.75) is 33.2 Å². The molecule has 2 aliphatic rings. The first-order valence-corrected chi connectivity index (χ1v) is 9.34. The fourth-order valence-corrected chi connectivity index (χ4v) is 3.59. The van der Waals surface area contributed by atoms with Gasteiger partial charge in [0.05, 0.1) is 5.41 Å². The number of carbonyl (C=O) groups excluding carboxylic acids is 2. The third-order valence-electron chi connectivity index (χ3n) is 5.91. The fourth-order valence-electron chi connectivity index (χ4n) is 3.59. The van der Waals surface area contributed by atoms with Gasteiger partial charge in [-0.2, -0.15) is 0 Å². The molecule has 0 aliphatic carbocycles. The molecule has 0 bridgehead atoms. The number of rotatable bonds is 2. The summed E-state index contributed by atoms with van der Waals surface area (Å²) in [5.41, 5.74) is 5.04. The number of nitrogens with one attached hydrogen (secondary N) is 1. The van der Waals surface area contributed by atoms with E-state index < -0.39 is 16.8 Å². The second kappa shape index (κ2) is 7.02. The van der Waals surface area contributed by atoms with E-state index >= 15 is 0 Å². The van der Waals surface area contributed by atoms with Crippen LogP contribution in [-0.4, -0.2) is 41.3 Å². The monoisotopic (exact) mass is 399 g/mol. The Hall–Kier alpha value is -3.16. The molecule has 2 heterocycles. The Bertz CT molecular complexity index is 966. The quantitative estimate of drug-likeness (QED) is 0.800. The van der Waals surface area contributed by atoms with Gasteiger partial charge in [0.2, 0.25) is 5.91 Å². The maximum absolute atomic E-state index is 14.9. The maximum atomic E-state index is 14.9. The highest BCUT2D eigenvalue weighted by molar-refractivity contribution is 6.01. The van der Waals surface area contributed by atoms with E-state index in [-0.39, 0.29) is 23.5 Å². The zero-order chi connectivity index (χ0) is 21.6. The van der Waals surface area contributed by atoms with Crippen LogP contribution in [0.2, 0.25) is 0 Å². The van der Waals surface area contributed by atoms with Crippen molar-refractivity contribution in [2.75, 3.05) is 18.9 Å². The molecule has 29 heavy (non-hydrogen) atoms. The van der Waals surface area contributed by atoms with Crippen LogP contribution in [0.5, 0.6) is 0 Å². The molecule has 1 aromatic carbocycles. The van der Waals surface area contributed by atoms with Crippen molar-refractivity contribution in [3.8, 4) is 0 Å². The molecule has 3 N–H and O–H groups in total. The zero-order valence-corrected chi connectivity index (χ0v) is 17.3. The lowest BCUT2D eigenvalue weighted by atomic mass is 9.67. The average molecular weight is 399 g/mol. The number of benzene rings is 1. The number of guanidine groups is 1. The number of anilines is 1. The lowest BCUT2D eigenvalue weighted by Crippen LogP contribution is -2.58. The molecule has 1 atom stereocenters. The number of amides is 3. The minimum Gasteiger partial charge on any atom is -0.369 e. The molecule has 2 aliphatic heterocycles. The molecule has 0 radical (unpaired) electrons. The van der Waals surface area contributed by atoms with Gasteiger partial charge in [-0.05, 0) is 52.0 Å². The van der Waals surface area contributed by atoms with Gasteiger partial charge in [-0.1, -0.05) is 12.2 Å². The van der Waals surface area contributed by atoms with Crippen molar-refractivity contribution in [1.29, 1.82) is 0 Å². The summed E-state index contributed by atoms with van der Waals surface area (Å²) in [6.07, 6.45) is 5.59. The zero-order valence-electron chi connectivity index (χ0n) is 17.3. The van der Waals surface area contributed by atoms with Gasteiger partial charge in [0, 0.05) is 30.5 Å². The van der Waals surface area contributed by atoms with Crippen LogP contribution < -0.4 is 11.1 Å². The van der Waals surface area contributed by atoms with E-state index in [2.05, 4.69) is 10.3 Å². The van der Waals surface area contributed by atoms with Gasteiger partial charge < -0.3 is 11.1 Å². The van der Waals surface area contributed by atoms with Crippen molar-refractivity contribution >= 4 is 23.6 Å². The predicted octanol–water partition coefficient (Wildman–Crippen LogP) is 3.16. The van der Waals surface area contributed by atoms with Crippen molar-refractivity contribution in [3.63, 3.8) is 0 Å². The third kappa shape index (κ3) is 3.28. The largest absolute Gasteiger partial charge is 0.369 e. The molecule has 3 amide bonds. The topological polar surface area (TPSA) is 91.0 Å². The first kappa shape index (κ1) is 20.6. The number of hydrogen-bond donors (Lipinski definition) is 2. The van der Waals surface area contributed by atoms with Crippen molar-refractivity contribution < 1.29 is 14.0 Å². The van der Waals surface area contributed by atoms with E-state index in [0.29, 0.717) is 12.2 Å². The van der Waals surface area contributed by atoms with Gasteiger partial charge in [-0.25, -0.2) is 14.2 Å². The van der Waals surface area contributed by atoms with Crippen LogP contribution in [0.3, 0.4) is 0 Å². The Morgan fingerprint density at radius 3 is 2.66 bits per heavy atom. The van der Waals surface area contributed by atoms with Gasteiger partial charge >= 0.3 is 6.03 Å². The number of hydrogen-bond acceptors (Lipinski definition) is 4. The second-order valence-electron chi connectivity index (χ2n) is 8.00. The normalized spacial score (nSPS) is 23.6. The first-order valence-electron chi connectivity index (χ1n) is 9.34. The smallest absolute Gasteiger partial charge is 0.326 e. The SMILES string of the molecule is CC1=CC=CCN1C(=O)Nc1ccc(F)c([C@@]2(C)N=C(N)N(C)C(=O)C2(C)C)c1. The average Bonchev–Trinajstić information content (AvgIpc) is 2.67. The van der Waals surface area contributed by atoms with E-state index in [4.69, 9.17) is 5.73 Å². The van der Waals surface area contributed by atoms with E-state index in [9.17, 15) is 14.0 Å². The van der Waals surface area contributed by atoms with E-state index in [0.717, 1.165) is 5.70 Å². The summed E-state index contributed by atoms with van der Waals surface area (Å²) in [5.74, 6) is -0.766. The number of halogens is 1. The maximum Gasteiger partial charge on any atom is 0.326 e. The van der Waals surface area contributed by atoms with Crippen LogP contribution in [0.25, 0.3) is 0 Å². The molecule has 0 aromatic heterocycles. The fraction of sp³-hybridized carbons (Fsp3) is 0.381. The van der Waals surface area contributed by atoms with Gasteiger partial charge in [-0.15, -0.1) is 0 Å². The first-order chi connectivity index (χ1) is 13.5. The molecule has 7 nitrogen and oxygen atoms in total. The Kier molecular flexibility index (Phi) is 4.98. The summed E-state index contributed by atoms with van der Waals surface area (Å²) < 4.78 is 14.9. The summed E-state index contributed by atoms with van der Waals surface area (Å²) in [6, 6.07) is 3.94. The number of aliphatic imine (C=N–C) groups is 1. The Morgan fingerprint density at radius 2 is 2.00 bits per heavy atom. The van der Waals surface area contributed by atoms with E-state index in [1.54, 1.807) is 32.7 Å². The number of nitrogens with two attached hydrogens (primary N) is 1. The van der Waals surface area contributed by atoms with Crippen LogP contribution in [0, 0.1) is 11.2 Å². The number of carbonyl (C=O) groups is 2. The van der Waals surface area contributed by atoms with Crippen LogP contribution in [0.15, 0.2) is 47.1 Å². The van der Waals surface area contributed by atoms with E-state index in [1.807, 2.05) is 25.2 Å². The molecule has 0 fully saturated rings. The molecule has 0 spiro atoms. The molecule has 154 valence electrons. The summed E-state index contributed by atoms with van der Waals surface area (Å²) in [6.45, 7) is 7.39. The molecule has 1 aromatic rings. The summed E-state index contributed by atoms with van der Waals surface area (Å²) >= 11 is 0. The molecule has 0 unspecified atom stereocenters. The Labute approximate surface area is 169 Å². The molecular formula is C21H26FN5O2. The Balaban J connectivity index is 1.99. The number of nitrogens with zero attached hydrogens (tertiary/aromatic N) is 3. The van der Waals surface area contributed by atoms with Crippen molar-refractivity contribution in [2.24, 2.45) is 16.1 Å². The standard InChI is InChI=1S/C21H26FN5O2/c1-13-8-6-7-11-27(13)19(29)24-14-9-10-16(22)15(12-14)21(4)20(2,3)17(28)26(5)18(23)25-21/h6-10,12H,11H2,1-5H3,(H2,23,25)(H,24,29)/t21-/m1/s1. The van der Waals surface area contributed by atoms with Crippen molar-refractivity contribution in [3.05, 3.63) is 53.5 Å². The van der Waals surface area contributed by atoms with Crippen LogP contribution in [0.4, 0.5) is 14.9 Å². The van der Waals surface area contributed by atoms with Crippen molar-refractivity contribution in [1.82, 2.24) is 9.80 Å². The highest BCUT2D eigenvalue weighted by Crippen LogP contribution is 2.47. The minimum absolute atomic E-state index is 0.0199. The summed E-state index contributed by atoms with van der Waals surface area (Å²) in [7, 11) is 1.54. The van der Waals surface area contributed by atoms with Gasteiger partial charge in [-0.3, -0.25) is 14.6 Å². The molecule has 0 saturated carbocycles. The highest BCUT2D eigenvalue weighted by Gasteiger charge is 2.53. The highest BCUT2D eigenvalue weighted by atomic mass is 19.1. The van der Waals surface area contributed by atoms with Gasteiger partial charge in [0.15, 0.2) is 5.96 Å². The summed E-state index contributed by atoms with van der Waals surface area (Å²) in [4.78, 5) is 32.8. The molecule has 8 heteroatoms. The van der Waals surface area contributed by atoms with Crippen LogP contribution in [-0.2, 0) is 10.3 Å². The molecule has 0 saturated heterocycles. The predicted molar refractivity (Wildman–Crippen MR) is 111 cm³/mol. The molecular weight excluding hydrogens is 373 g/mol.